The molecule has 0 aliphatic carbocycles. The molecule has 0 radical (unpaired) electrons. The van der Waals surface area contributed by atoms with Crippen LogP contribution in [0.1, 0.15) is 12.5 Å². The number of hydrogen-bond acceptors (Lipinski definition) is 2. The van der Waals surface area contributed by atoms with Gasteiger partial charge < -0.3 is 15.1 Å². The summed E-state index contributed by atoms with van der Waals surface area (Å²) < 4.78 is 38.7. The maximum absolute atomic E-state index is 12.9. The SMILES string of the molecule is C[C@@H](C(=O)Nc1ccccc1)[NH+]1CCN(c2cccc(C(F)(F)F)c2)CC1. The lowest BCUT2D eigenvalue weighted by Crippen LogP contribution is -3.19. The van der Waals surface area contributed by atoms with Gasteiger partial charge in [0.2, 0.25) is 0 Å². The van der Waals surface area contributed by atoms with Crippen LogP contribution in [-0.4, -0.2) is 38.1 Å². The van der Waals surface area contributed by atoms with Gasteiger partial charge in [-0.3, -0.25) is 4.79 Å². The van der Waals surface area contributed by atoms with Gasteiger partial charge in [-0.1, -0.05) is 24.3 Å². The highest BCUT2D eigenvalue weighted by Gasteiger charge is 2.32. The van der Waals surface area contributed by atoms with Crippen molar-refractivity contribution in [3.8, 4) is 0 Å². The van der Waals surface area contributed by atoms with E-state index in [1.54, 1.807) is 6.07 Å². The number of anilines is 2. The maximum Gasteiger partial charge on any atom is 0.416 e. The van der Waals surface area contributed by atoms with Crippen molar-refractivity contribution >= 4 is 17.3 Å². The Bertz CT molecular complexity index is 772. The minimum absolute atomic E-state index is 0.0521. The van der Waals surface area contributed by atoms with Crippen LogP contribution in [0.2, 0.25) is 0 Å². The Morgan fingerprint density at radius 3 is 2.37 bits per heavy atom. The van der Waals surface area contributed by atoms with Gasteiger partial charge in [-0.25, -0.2) is 0 Å². The number of hydrogen-bond donors (Lipinski definition) is 2. The van der Waals surface area contributed by atoms with Gasteiger partial charge in [-0.05, 0) is 37.3 Å². The van der Waals surface area contributed by atoms with Crippen LogP contribution in [0.25, 0.3) is 0 Å². The molecule has 2 aromatic rings. The number of halogens is 3. The van der Waals surface area contributed by atoms with E-state index in [2.05, 4.69) is 5.32 Å². The predicted octanol–water partition coefficient (Wildman–Crippen LogP) is 2.44. The highest BCUT2D eigenvalue weighted by molar-refractivity contribution is 5.93. The fourth-order valence-electron chi connectivity index (χ4n) is 3.32. The molecule has 7 heteroatoms. The summed E-state index contributed by atoms with van der Waals surface area (Å²) in [7, 11) is 0. The Balaban J connectivity index is 1.58. The number of alkyl halides is 3. The van der Waals surface area contributed by atoms with Crippen LogP contribution in [0.3, 0.4) is 0 Å². The van der Waals surface area contributed by atoms with E-state index < -0.39 is 11.7 Å². The summed E-state index contributed by atoms with van der Waals surface area (Å²) in [6, 6.07) is 14.5. The number of rotatable bonds is 4. The van der Waals surface area contributed by atoms with E-state index in [4.69, 9.17) is 0 Å². The third kappa shape index (κ3) is 4.80. The number of amides is 1. The summed E-state index contributed by atoms with van der Waals surface area (Å²) in [5, 5.41) is 2.91. The Morgan fingerprint density at radius 2 is 1.74 bits per heavy atom. The second kappa shape index (κ2) is 8.00. The van der Waals surface area contributed by atoms with Crippen LogP contribution in [0.4, 0.5) is 24.5 Å². The molecule has 1 aliphatic heterocycles. The van der Waals surface area contributed by atoms with Crippen LogP contribution in [0.15, 0.2) is 54.6 Å². The highest BCUT2D eigenvalue weighted by Crippen LogP contribution is 2.31. The van der Waals surface area contributed by atoms with Crippen molar-refractivity contribution < 1.29 is 22.9 Å². The van der Waals surface area contributed by atoms with Crippen molar-refractivity contribution in [1.29, 1.82) is 0 Å². The van der Waals surface area contributed by atoms with Gasteiger partial charge >= 0.3 is 6.18 Å². The Labute approximate surface area is 156 Å². The topological polar surface area (TPSA) is 36.8 Å². The van der Waals surface area contributed by atoms with Gasteiger partial charge in [0, 0.05) is 11.4 Å². The lowest BCUT2D eigenvalue weighted by Gasteiger charge is -2.36. The summed E-state index contributed by atoms with van der Waals surface area (Å²) in [6.45, 7) is 4.49. The number of benzene rings is 2. The molecule has 0 spiro atoms. The molecule has 0 bridgehead atoms. The number of carbonyl (C=O) groups is 1. The van der Waals surface area contributed by atoms with E-state index in [0.717, 1.165) is 16.7 Å². The molecule has 1 heterocycles. The van der Waals surface area contributed by atoms with E-state index in [9.17, 15) is 18.0 Å². The molecule has 2 N–H and O–H groups in total. The van der Waals surface area contributed by atoms with E-state index in [0.29, 0.717) is 31.9 Å². The summed E-state index contributed by atoms with van der Waals surface area (Å²) in [4.78, 5) is 15.5. The molecule has 1 aliphatic rings. The van der Waals surface area contributed by atoms with Crippen LogP contribution in [-0.2, 0) is 11.0 Å². The zero-order valence-electron chi connectivity index (χ0n) is 15.1. The second-order valence-corrected chi connectivity index (χ2v) is 6.77. The molecule has 1 atom stereocenters. The van der Waals surface area contributed by atoms with Gasteiger partial charge in [0.1, 0.15) is 0 Å². The lowest BCUT2D eigenvalue weighted by atomic mass is 10.1. The van der Waals surface area contributed by atoms with Gasteiger partial charge in [-0.15, -0.1) is 0 Å². The average Bonchev–Trinajstić information content (AvgIpc) is 2.68. The number of piperazine rings is 1. The van der Waals surface area contributed by atoms with Crippen LogP contribution >= 0.6 is 0 Å². The molecule has 0 aromatic heterocycles. The number of carbonyl (C=O) groups excluding carboxylic acids is 1. The average molecular weight is 378 g/mol. The number of nitrogens with zero attached hydrogens (tertiary/aromatic N) is 1. The van der Waals surface area contributed by atoms with Crippen molar-refractivity contribution in [2.45, 2.75) is 19.1 Å². The quantitative estimate of drug-likeness (QED) is 0.858. The summed E-state index contributed by atoms with van der Waals surface area (Å²) in [6.07, 6.45) is -4.34. The maximum atomic E-state index is 12.9. The minimum atomic E-state index is -4.34. The van der Waals surface area contributed by atoms with Crippen molar-refractivity contribution in [2.75, 3.05) is 36.4 Å². The van der Waals surface area contributed by atoms with E-state index in [-0.39, 0.29) is 11.9 Å². The minimum Gasteiger partial charge on any atom is -0.360 e. The molecule has 1 fully saturated rings. The standard InChI is InChI=1S/C20H22F3N3O/c1-15(19(27)24-17-7-3-2-4-8-17)25-10-12-26(13-11-25)18-9-5-6-16(14-18)20(21,22)23/h2-9,14-15H,10-13H2,1H3,(H,24,27)/p+1/t15-/m0/s1. The van der Waals surface area contributed by atoms with Crippen molar-refractivity contribution in [3.05, 3.63) is 60.2 Å². The first kappa shape index (κ1) is 19.2. The van der Waals surface area contributed by atoms with Gasteiger partial charge in [0.05, 0.1) is 31.7 Å². The molecule has 0 unspecified atom stereocenters. The van der Waals surface area contributed by atoms with E-state index in [1.165, 1.54) is 12.1 Å². The molecular weight excluding hydrogens is 355 g/mol. The van der Waals surface area contributed by atoms with Crippen molar-refractivity contribution in [1.82, 2.24) is 0 Å². The lowest BCUT2D eigenvalue weighted by molar-refractivity contribution is -0.914. The number of quaternary nitrogens is 1. The number of para-hydroxylation sites is 1. The van der Waals surface area contributed by atoms with Gasteiger partial charge in [0.25, 0.3) is 5.91 Å². The summed E-state index contributed by atoms with van der Waals surface area (Å²) in [5.74, 6) is -0.0521. The first-order valence-electron chi connectivity index (χ1n) is 8.97. The normalized spacial score (nSPS) is 16.8. The Hall–Kier alpha value is -2.54. The highest BCUT2D eigenvalue weighted by atomic mass is 19.4. The molecule has 1 amide bonds. The largest absolute Gasteiger partial charge is 0.416 e. The molecule has 144 valence electrons. The third-order valence-electron chi connectivity index (χ3n) is 4.99. The summed E-state index contributed by atoms with van der Waals surface area (Å²) >= 11 is 0. The molecule has 27 heavy (non-hydrogen) atoms. The van der Waals surface area contributed by atoms with E-state index >= 15 is 0 Å². The first-order chi connectivity index (χ1) is 12.8. The fourth-order valence-corrected chi connectivity index (χ4v) is 3.32. The van der Waals surface area contributed by atoms with Gasteiger partial charge in [0.15, 0.2) is 6.04 Å². The molecule has 0 saturated carbocycles. The molecule has 2 aromatic carbocycles. The van der Waals surface area contributed by atoms with Gasteiger partial charge in [-0.2, -0.15) is 13.2 Å². The smallest absolute Gasteiger partial charge is 0.360 e. The number of nitrogens with one attached hydrogen (secondary N) is 2. The van der Waals surface area contributed by atoms with E-state index in [1.807, 2.05) is 42.2 Å². The molecule has 3 rings (SSSR count). The second-order valence-electron chi connectivity index (χ2n) is 6.77. The first-order valence-corrected chi connectivity index (χ1v) is 8.97. The molecule has 1 saturated heterocycles. The Morgan fingerprint density at radius 1 is 1.07 bits per heavy atom. The van der Waals surface area contributed by atoms with Crippen molar-refractivity contribution in [2.24, 2.45) is 0 Å². The molecular formula is C20H23F3N3O+. The molecule has 4 nitrogen and oxygen atoms in total. The monoisotopic (exact) mass is 378 g/mol. The predicted molar refractivity (Wildman–Crippen MR) is 98.9 cm³/mol. The van der Waals surface area contributed by atoms with Crippen LogP contribution in [0.5, 0.6) is 0 Å². The fraction of sp³-hybridized carbons (Fsp3) is 0.350. The summed E-state index contributed by atoms with van der Waals surface area (Å²) in [5.41, 5.74) is 0.701. The Kier molecular flexibility index (Phi) is 5.70. The van der Waals surface area contributed by atoms with Crippen molar-refractivity contribution in [3.63, 3.8) is 0 Å². The zero-order valence-corrected chi connectivity index (χ0v) is 15.1. The third-order valence-corrected chi connectivity index (χ3v) is 4.99. The van der Waals surface area contributed by atoms with Crippen LogP contribution in [0, 0.1) is 0 Å². The van der Waals surface area contributed by atoms with Crippen LogP contribution < -0.4 is 15.1 Å². The zero-order chi connectivity index (χ0) is 19.4.